The summed E-state index contributed by atoms with van der Waals surface area (Å²) in [5.74, 6) is 0.952. The van der Waals surface area contributed by atoms with Crippen LogP contribution >= 0.6 is 0 Å². The van der Waals surface area contributed by atoms with E-state index in [4.69, 9.17) is 18.9 Å². The fraction of sp³-hybridized carbons (Fsp3) is 0.444. The summed E-state index contributed by atoms with van der Waals surface area (Å²) < 4.78 is 16.8. The quantitative estimate of drug-likeness (QED) is 0.390. The number of nitrogens with zero attached hydrogens (tertiary/aromatic N) is 1. The van der Waals surface area contributed by atoms with E-state index >= 15 is 0 Å². The van der Waals surface area contributed by atoms with E-state index in [0.717, 1.165) is 24.0 Å². The van der Waals surface area contributed by atoms with Crippen LogP contribution in [-0.4, -0.2) is 30.5 Å². The van der Waals surface area contributed by atoms with Crippen LogP contribution in [0.4, 0.5) is 0 Å². The smallest absolute Gasteiger partial charge is 0.337 e. The van der Waals surface area contributed by atoms with E-state index < -0.39 is 16.8 Å². The minimum atomic E-state index is -0.436. The van der Waals surface area contributed by atoms with Gasteiger partial charge in [0.2, 0.25) is 5.89 Å². The zero-order valence-electron chi connectivity index (χ0n) is 20.6. The molecule has 1 aromatic heterocycles. The topological polar surface area (TPSA) is 78.6 Å². The molecular weight excluding hydrogens is 418 g/mol. The van der Waals surface area contributed by atoms with Crippen LogP contribution in [0.15, 0.2) is 40.8 Å². The minimum Gasteiger partial charge on any atom is -0.486 e. The molecule has 1 heterocycles. The molecule has 0 saturated carbocycles. The molecule has 0 spiro atoms. The number of fused-ring (bicyclic) bond motifs is 1. The second kappa shape index (κ2) is 9.38. The lowest BCUT2D eigenvalue weighted by atomic mass is 9.75. The van der Waals surface area contributed by atoms with Gasteiger partial charge in [-0.05, 0) is 55.2 Å². The highest BCUT2D eigenvalue weighted by atomic mass is 16.5. The first-order valence-corrected chi connectivity index (χ1v) is 11.3. The predicted octanol–water partition coefficient (Wildman–Crippen LogP) is 6.02. The molecule has 6 heteroatoms. The summed E-state index contributed by atoms with van der Waals surface area (Å²) in [5.41, 5.74) is 2.83. The molecule has 0 amide bonds. The lowest BCUT2D eigenvalue weighted by Crippen LogP contribution is -2.27. The number of methoxy groups -OCH3 is 1. The van der Waals surface area contributed by atoms with Crippen molar-refractivity contribution in [1.29, 1.82) is 0 Å². The van der Waals surface area contributed by atoms with Gasteiger partial charge in [-0.1, -0.05) is 46.8 Å². The molecule has 0 aliphatic carbocycles. The summed E-state index contributed by atoms with van der Waals surface area (Å²) >= 11 is 0. The van der Waals surface area contributed by atoms with Crippen molar-refractivity contribution in [2.24, 2.45) is 5.41 Å². The molecule has 33 heavy (non-hydrogen) atoms. The van der Waals surface area contributed by atoms with Crippen LogP contribution < -0.4 is 4.74 Å². The number of ketones is 1. The van der Waals surface area contributed by atoms with Crippen LogP contribution in [0.1, 0.15) is 74.8 Å². The predicted molar refractivity (Wildman–Crippen MR) is 128 cm³/mol. The van der Waals surface area contributed by atoms with Gasteiger partial charge in [0, 0.05) is 5.41 Å². The third kappa shape index (κ3) is 4.80. The Morgan fingerprint density at radius 3 is 2.30 bits per heavy atom. The molecule has 0 atom stereocenters. The number of aromatic nitrogens is 1. The maximum atomic E-state index is 12.2. The molecule has 0 unspecified atom stereocenters. The summed E-state index contributed by atoms with van der Waals surface area (Å²) in [6, 6.07) is 11.1. The van der Waals surface area contributed by atoms with Gasteiger partial charge in [-0.2, -0.15) is 0 Å². The Labute approximate surface area is 195 Å². The highest BCUT2D eigenvalue weighted by molar-refractivity contribution is 5.93. The Hall–Kier alpha value is -3.15. The number of carbonyl (C=O) groups is 2. The summed E-state index contributed by atoms with van der Waals surface area (Å²) in [5, 5.41) is 0. The van der Waals surface area contributed by atoms with E-state index in [2.05, 4.69) is 19.9 Å². The average molecular weight is 452 g/mol. The van der Waals surface area contributed by atoms with Gasteiger partial charge in [0.15, 0.2) is 11.4 Å². The van der Waals surface area contributed by atoms with Crippen molar-refractivity contribution >= 4 is 22.9 Å². The normalized spacial score (nSPS) is 12.1. The van der Waals surface area contributed by atoms with Gasteiger partial charge in [-0.15, -0.1) is 0 Å². The SMILES string of the molecule is CCC(CC)(c1ccc(OCC(=O)C(C)(C)C)c(C)c1)c1nc2cc(C(=O)OC)ccc2o1. The highest BCUT2D eigenvalue weighted by Gasteiger charge is 2.36. The van der Waals surface area contributed by atoms with Crippen LogP contribution in [0.25, 0.3) is 11.1 Å². The van der Waals surface area contributed by atoms with Gasteiger partial charge in [0.1, 0.15) is 17.9 Å². The maximum Gasteiger partial charge on any atom is 0.337 e. The van der Waals surface area contributed by atoms with Crippen molar-refractivity contribution in [1.82, 2.24) is 4.98 Å². The maximum absolute atomic E-state index is 12.2. The number of ether oxygens (including phenoxy) is 2. The molecule has 3 rings (SSSR count). The molecule has 0 aliphatic rings. The summed E-state index contributed by atoms with van der Waals surface area (Å²) in [6.45, 7) is 11.9. The fourth-order valence-electron chi connectivity index (χ4n) is 3.93. The minimum absolute atomic E-state index is 0.0457. The molecule has 0 radical (unpaired) electrons. The Morgan fingerprint density at radius 1 is 1.03 bits per heavy atom. The number of Topliss-reactive ketones (excluding diaryl/α,β-unsaturated/α-hetero) is 1. The zero-order valence-corrected chi connectivity index (χ0v) is 20.6. The molecule has 176 valence electrons. The molecule has 0 aliphatic heterocycles. The summed E-state index contributed by atoms with van der Waals surface area (Å²) in [4.78, 5) is 28.9. The number of hydrogen-bond donors (Lipinski definition) is 0. The number of benzene rings is 2. The van der Waals surface area contributed by atoms with Crippen LogP contribution in [0.2, 0.25) is 0 Å². The van der Waals surface area contributed by atoms with Crippen molar-refractivity contribution in [2.75, 3.05) is 13.7 Å². The Morgan fingerprint density at radius 2 is 1.73 bits per heavy atom. The Kier molecular flexibility index (Phi) is 6.96. The number of carbonyl (C=O) groups excluding carboxylic acids is 2. The highest BCUT2D eigenvalue weighted by Crippen LogP contribution is 2.41. The first-order chi connectivity index (χ1) is 15.6. The molecule has 0 fully saturated rings. The molecule has 6 nitrogen and oxygen atoms in total. The van der Waals surface area contributed by atoms with Crippen molar-refractivity contribution < 1.29 is 23.5 Å². The zero-order chi connectivity index (χ0) is 24.4. The van der Waals surface area contributed by atoms with Gasteiger partial charge in [-0.3, -0.25) is 4.79 Å². The summed E-state index contributed by atoms with van der Waals surface area (Å²) in [6.07, 6.45) is 1.56. The van der Waals surface area contributed by atoms with Gasteiger partial charge in [-0.25, -0.2) is 9.78 Å². The number of esters is 1. The molecule has 0 saturated heterocycles. The van der Waals surface area contributed by atoms with Crippen molar-refractivity contribution in [3.05, 3.63) is 59.0 Å². The monoisotopic (exact) mass is 451 g/mol. The Bertz CT molecular complexity index is 1160. The number of rotatable bonds is 8. The van der Waals surface area contributed by atoms with Crippen LogP contribution in [0.3, 0.4) is 0 Å². The van der Waals surface area contributed by atoms with Gasteiger partial charge in [0.25, 0.3) is 0 Å². The second-order valence-corrected chi connectivity index (χ2v) is 9.42. The number of oxazole rings is 1. The van der Waals surface area contributed by atoms with E-state index in [1.807, 2.05) is 39.8 Å². The Balaban J connectivity index is 1.97. The molecule has 0 bridgehead atoms. The van der Waals surface area contributed by atoms with Gasteiger partial charge < -0.3 is 13.9 Å². The molecule has 0 N–H and O–H groups in total. The van der Waals surface area contributed by atoms with E-state index in [0.29, 0.717) is 28.3 Å². The van der Waals surface area contributed by atoms with E-state index in [-0.39, 0.29) is 12.4 Å². The average Bonchev–Trinajstić information content (AvgIpc) is 3.22. The molecule has 3 aromatic rings. The molecule has 2 aromatic carbocycles. The lowest BCUT2D eigenvalue weighted by Gasteiger charge is -2.29. The summed E-state index contributed by atoms with van der Waals surface area (Å²) in [7, 11) is 1.36. The van der Waals surface area contributed by atoms with Crippen molar-refractivity contribution in [3.63, 3.8) is 0 Å². The van der Waals surface area contributed by atoms with Gasteiger partial charge >= 0.3 is 5.97 Å². The lowest BCUT2D eigenvalue weighted by molar-refractivity contribution is -0.128. The number of hydrogen-bond acceptors (Lipinski definition) is 6. The first kappa shape index (κ1) is 24.5. The first-order valence-electron chi connectivity index (χ1n) is 11.3. The van der Waals surface area contributed by atoms with Crippen LogP contribution in [0.5, 0.6) is 5.75 Å². The van der Waals surface area contributed by atoms with Gasteiger partial charge in [0.05, 0.1) is 18.1 Å². The second-order valence-electron chi connectivity index (χ2n) is 9.42. The standard InChI is InChI=1S/C27H33NO5/c1-8-27(9-2,25-28-20-15-18(24(30)31-7)10-12-22(20)33-25)19-11-13-21(17(3)14-19)32-16-23(29)26(4,5)6/h10-15H,8-9,16H2,1-7H3. The van der Waals surface area contributed by atoms with Crippen molar-refractivity contribution in [3.8, 4) is 5.75 Å². The third-order valence-corrected chi connectivity index (χ3v) is 6.35. The van der Waals surface area contributed by atoms with Crippen molar-refractivity contribution in [2.45, 2.75) is 59.8 Å². The van der Waals surface area contributed by atoms with E-state index in [1.54, 1.807) is 18.2 Å². The largest absolute Gasteiger partial charge is 0.486 e. The number of aryl methyl sites for hydroxylation is 1. The fourth-order valence-corrected chi connectivity index (χ4v) is 3.93. The van der Waals surface area contributed by atoms with Crippen LogP contribution in [0, 0.1) is 12.3 Å². The third-order valence-electron chi connectivity index (χ3n) is 6.35. The van der Waals surface area contributed by atoms with E-state index in [9.17, 15) is 9.59 Å². The molecular formula is C27H33NO5. The van der Waals surface area contributed by atoms with E-state index in [1.165, 1.54) is 7.11 Å². The van der Waals surface area contributed by atoms with Crippen LogP contribution in [-0.2, 0) is 14.9 Å².